The average molecular weight is 272 g/mol. The second-order valence-electron chi connectivity index (χ2n) is 6.62. The molecule has 21 heavy (non-hydrogen) atoms. The van der Waals surface area contributed by atoms with Crippen LogP contribution in [0.3, 0.4) is 0 Å². The van der Waals surface area contributed by atoms with Gasteiger partial charge in [0.05, 0.1) is 0 Å². The highest BCUT2D eigenvalue weighted by Crippen LogP contribution is 2.65. The van der Waals surface area contributed by atoms with Gasteiger partial charge in [-0.25, -0.2) is 0 Å². The fourth-order valence-electron chi connectivity index (χ4n) is 4.21. The predicted molar refractivity (Wildman–Crippen MR) is 87.5 cm³/mol. The van der Waals surface area contributed by atoms with Crippen molar-refractivity contribution < 1.29 is 0 Å². The molecule has 4 rings (SSSR count). The van der Waals surface area contributed by atoms with Gasteiger partial charge in [0.1, 0.15) is 0 Å². The van der Waals surface area contributed by atoms with Crippen molar-refractivity contribution in [2.75, 3.05) is 0 Å². The van der Waals surface area contributed by atoms with E-state index >= 15 is 0 Å². The Balaban J connectivity index is 1.80. The Morgan fingerprint density at radius 3 is 1.33 bits per heavy atom. The fraction of sp³-hybridized carbons (Fsp3) is 0.238. The van der Waals surface area contributed by atoms with Crippen LogP contribution in [-0.4, -0.2) is 0 Å². The Morgan fingerprint density at radius 1 is 0.619 bits per heavy atom. The van der Waals surface area contributed by atoms with E-state index in [0.29, 0.717) is 11.8 Å². The maximum atomic E-state index is 2.39. The zero-order chi connectivity index (χ0) is 14.4. The molecular formula is C21H20. The van der Waals surface area contributed by atoms with E-state index in [2.05, 4.69) is 86.7 Å². The smallest absolute Gasteiger partial charge is 0.0190 e. The number of fused-ring (bicyclic) bond motifs is 1. The molecule has 2 unspecified atom stereocenters. The third-order valence-electron chi connectivity index (χ3n) is 5.10. The molecule has 0 heterocycles. The molecule has 0 nitrogen and oxygen atoms in total. The highest BCUT2D eigenvalue weighted by atomic mass is 14.6. The van der Waals surface area contributed by atoms with E-state index in [1.54, 1.807) is 11.8 Å². The lowest BCUT2D eigenvalue weighted by Crippen LogP contribution is -2.25. The molecule has 1 saturated carbocycles. The Morgan fingerprint density at radius 2 is 1.00 bits per heavy atom. The van der Waals surface area contributed by atoms with Gasteiger partial charge >= 0.3 is 0 Å². The van der Waals surface area contributed by atoms with Crippen LogP contribution in [0.15, 0.2) is 72.8 Å². The molecule has 0 spiro atoms. The minimum atomic E-state index is 0.113. The van der Waals surface area contributed by atoms with Crippen LogP contribution in [0.1, 0.15) is 25.0 Å². The van der Waals surface area contributed by atoms with Gasteiger partial charge in [0.25, 0.3) is 0 Å². The average Bonchev–Trinajstić information content (AvgIpc) is 2.65. The van der Waals surface area contributed by atoms with E-state index in [0.717, 1.165) is 0 Å². The van der Waals surface area contributed by atoms with Gasteiger partial charge in [-0.3, -0.25) is 0 Å². The van der Waals surface area contributed by atoms with Crippen LogP contribution in [-0.2, 0) is 0 Å². The summed E-state index contributed by atoms with van der Waals surface area (Å²) in [6, 6.07) is 21.8. The lowest BCUT2D eigenvalue weighted by molar-refractivity contribution is 0.463. The van der Waals surface area contributed by atoms with Crippen LogP contribution < -0.4 is 0 Å². The second-order valence-corrected chi connectivity index (χ2v) is 6.62. The largest absolute Gasteiger partial charge is 0.0835 e. The van der Waals surface area contributed by atoms with Crippen LogP contribution >= 0.6 is 0 Å². The molecule has 0 amide bonds. The van der Waals surface area contributed by atoms with Crippen molar-refractivity contribution in [3.63, 3.8) is 0 Å². The van der Waals surface area contributed by atoms with E-state index in [1.807, 2.05) is 0 Å². The molecule has 0 aromatic heterocycles. The van der Waals surface area contributed by atoms with Crippen LogP contribution in [0.5, 0.6) is 0 Å². The SMILES string of the molecule is CC1(C)[C](c2ccccc2)C2C=CC2[C]1c1ccccc1. The molecule has 2 aliphatic carbocycles. The molecular weight excluding hydrogens is 252 g/mol. The summed E-state index contributed by atoms with van der Waals surface area (Å²) in [4.78, 5) is 0. The maximum absolute atomic E-state index is 2.39. The van der Waals surface area contributed by atoms with Crippen molar-refractivity contribution in [2.45, 2.75) is 13.8 Å². The van der Waals surface area contributed by atoms with E-state index in [9.17, 15) is 0 Å². The van der Waals surface area contributed by atoms with E-state index in [-0.39, 0.29) is 5.41 Å². The Hall–Kier alpha value is -1.82. The van der Waals surface area contributed by atoms with E-state index in [4.69, 9.17) is 0 Å². The summed E-state index contributed by atoms with van der Waals surface area (Å²) in [6.45, 7) is 4.77. The summed E-state index contributed by atoms with van der Waals surface area (Å²) in [5.74, 6) is 4.32. The first-order chi connectivity index (χ1) is 10.2. The molecule has 0 heteroatoms. The van der Waals surface area contributed by atoms with Crippen LogP contribution in [0.4, 0.5) is 0 Å². The summed E-state index contributed by atoms with van der Waals surface area (Å²) in [5.41, 5.74) is 2.90. The standard InChI is InChI=1S/C21H20/c1-21(2)19(15-9-5-3-6-10-15)17-13-14-18(17)20(21)16-11-7-4-8-12-16/h3-14,17-18H,1-2H3. The quantitative estimate of drug-likeness (QED) is 0.669. The van der Waals surface area contributed by atoms with Gasteiger partial charge < -0.3 is 0 Å². The van der Waals surface area contributed by atoms with E-state index in [1.165, 1.54) is 11.1 Å². The van der Waals surface area contributed by atoms with Crippen molar-refractivity contribution in [2.24, 2.45) is 17.3 Å². The summed E-state index contributed by atoms with van der Waals surface area (Å²) >= 11 is 0. The molecule has 2 aromatic rings. The predicted octanol–water partition coefficient (Wildman–Crippen LogP) is 5.07. The summed E-state index contributed by atoms with van der Waals surface area (Å²) in [7, 11) is 0. The number of hydrogen-bond donors (Lipinski definition) is 0. The van der Waals surface area contributed by atoms with Gasteiger partial charge in [-0.2, -0.15) is 0 Å². The number of rotatable bonds is 2. The van der Waals surface area contributed by atoms with Crippen molar-refractivity contribution in [3.8, 4) is 0 Å². The highest BCUT2D eigenvalue weighted by molar-refractivity contribution is 5.57. The Bertz CT molecular complexity index is 593. The fourth-order valence-corrected chi connectivity index (χ4v) is 4.21. The summed E-state index contributed by atoms with van der Waals surface area (Å²) < 4.78 is 0. The maximum Gasteiger partial charge on any atom is 0.0190 e. The molecule has 1 fully saturated rings. The topological polar surface area (TPSA) is 0 Å². The zero-order valence-electron chi connectivity index (χ0n) is 12.6. The van der Waals surface area contributed by atoms with Crippen molar-refractivity contribution in [1.82, 2.24) is 0 Å². The van der Waals surface area contributed by atoms with Gasteiger partial charge in [0.2, 0.25) is 0 Å². The van der Waals surface area contributed by atoms with Gasteiger partial charge in [-0.05, 0) is 28.4 Å². The minimum absolute atomic E-state index is 0.113. The van der Waals surface area contributed by atoms with Crippen LogP contribution in [0, 0.1) is 29.1 Å². The van der Waals surface area contributed by atoms with E-state index < -0.39 is 0 Å². The lowest BCUT2D eigenvalue weighted by Gasteiger charge is -2.33. The molecule has 0 N–H and O–H groups in total. The molecule has 2 aliphatic rings. The Labute approximate surface area is 127 Å². The minimum Gasteiger partial charge on any atom is -0.0835 e. The molecule has 0 bridgehead atoms. The third-order valence-corrected chi connectivity index (χ3v) is 5.10. The monoisotopic (exact) mass is 272 g/mol. The summed E-state index contributed by atoms with van der Waals surface area (Å²) in [5, 5.41) is 0. The van der Waals surface area contributed by atoms with Crippen molar-refractivity contribution >= 4 is 0 Å². The first-order valence-corrected chi connectivity index (χ1v) is 7.73. The molecule has 0 aliphatic heterocycles. The molecule has 2 atom stereocenters. The number of benzene rings is 2. The third kappa shape index (κ3) is 1.82. The second kappa shape index (κ2) is 4.59. The number of hydrogen-bond acceptors (Lipinski definition) is 0. The molecule has 104 valence electrons. The highest BCUT2D eigenvalue weighted by Gasteiger charge is 2.57. The normalized spacial score (nSPS) is 27.3. The Kier molecular flexibility index (Phi) is 2.82. The summed E-state index contributed by atoms with van der Waals surface area (Å²) in [6.07, 6.45) is 4.76. The van der Waals surface area contributed by atoms with Gasteiger partial charge in [-0.15, -0.1) is 0 Å². The first-order valence-electron chi connectivity index (χ1n) is 7.73. The van der Waals surface area contributed by atoms with Gasteiger partial charge in [0, 0.05) is 11.8 Å². The van der Waals surface area contributed by atoms with Gasteiger partial charge in [-0.1, -0.05) is 86.7 Å². The zero-order valence-corrected chi connectivity index (χ0v) is 12.6. The van der Waals surface area contributed by atoms with Crippen molar-refractivity contribution in [3.05, 3.63) is 95.8 Å². The van der Waals surface area contributed by atoms with Crippen molar-refractivity contribution in [1.29, 1.82) is 0 Å². The van der Waals surface area contributed by atoms with Crippen LogP contribution in [0.25, 0.3) is 0 Å². The molecule has 2 aromatic carbocycles. The van der Waals surface area contributed by atoms with Gasteiger partial charge in [0.15, 0.2) is 0 Å². The lowest BCUT2D eigenvalue weighted by atomic mass is 9.69. The first kappa shape index (κ1) is 12.9. The van der Waals surface area contributed by atoms with Crippen LogP contribution in [0.2, 0.25) is 0 Å². The molecule has 0 saturated heterocycles. The number of allylic oxidation sites excluding steroid dienone is 2. The molecule has 2 radical (unpaired) electrons.